The fourth-order valence-corrected chi connectivity index (χ4v) is 5.67. The number of halogens is 2. The summed E-state index contributed by atoms with van der Waals surface area (Å²) in [5.41, 5.74) is 3.41. The molecule has 1 heterocycles. The van der Waals surface area contributed by atoms with Crippen LogP contribution < -0.4 is 4.90 Å². The third kappa shape index (κ3) is 2.20. The quantitative estimate of drug-likeness (QED) is 0.491. The van der Waals surface area contributed by atoms with E-state index in [0.717, 1.165) is 12.8 Å². The summed E-state index contributed by atoms with van der Waals surface area (Å²) in [6.07, 6.45) is 10.3. The lowest BCUT2D eigenvalue weighted by Crippen LogP contribution is -2.33. The number of carbonyl (C=O) groups is 2. The molecule has 1 saturated heterocycles. The number of benzene rings is 1. The number of nitrogens with zero attached hydrogens (tertiary/aromatic N) is 1. The zero-order valence-corrected chi connectivity index (χ0v) is 15.8. The summed E-state index contributed by atoms with van der Waals surface area (Å²) in [4.78, 5) is 27.7. The number of hydrogen-bond acceptors (Lipinski definition) is 2. The number of amides is 2. The molecule has 1 aromatic carbocycles. The van der Waals surface area contributed by atoms with Gasteiger partial charge < -0.3 is 0 Å². The number of fused-ring (bicyclic) bond motifs is 5. The highest BCUT2D eigenvalue weighted by Gasteiger charge is 2.62. The fraction of sp³-hybridized carbons (Fsp3) is 0.429. The third-order valence-electron chi connectivity index (χ3n) is 6.44. The van der Waals surface area contributed by atoms with E-state index < -0.39 is 0 Å². The van der Waals surface area contributed by atoms with E-state index in [1.807, 2.05) is 0 Å². The van der Waals surface area contributed by atoms with Crippen LogP contribution in [0.5, 0.6) is 0 Å². The molecular weight excluding hydrogens is 369 g/mol. The van der Waals surface area contributed by atoms with E-state index in [2.05, 4.69) is 12.2 Å². The molecule has 0 radical (unpaired) electrons. The van der Waals surface area contributed by atoms with Gasteiger partial charge in [0.1, 0.15) is 0 Å². The van der Waals surface area contributed by atoms with Crippen LogP contribution in [-0.2, 0) is 9.59 Å². The molecule has 5 rings (SSSR count). The van der Waals surface area contributed by atoms with Crippen molar-refractivity contribution in [2.24, 2.45) is 23.7 Å². The highest BCUT2D eigenvalue weighted by Crippen LogP contribution is 2.58. The second kappa shape index (κ2) is 5.97. The van der Waals surface area contributed by atoms with Crippen molar-refractivity contribution in [2.45, 2.75) is 32.1 Å². The molecule has 1 aliphatic heterocycles. The van der Waals surface area contributed by atoms with Crippen molar-refractivity contribution in [3.8, 4) is 0 Å². The van der Waals surface area contributed by atoms with E-state index in [1.54, 1.807) is 18.2 Å². The lowest BCUT2D eigenvalue weighted by molar-refractivity contribution is -0.122. The molecule has 4 atom stereocenters. The summed E-state index contributed by atoms with van der Waals surface area (Å²) in [6, 6.07) is 4.94. The first-order valence-corrected chi connectivity index (χ1v) is 10.1. The van der Waals surface area contributed by atoms with Gasteiger partial charge in [-0.15, -0.1) is 0 Å². The first kappa shape index (κ1) is 16.6. The SMILES string of the molecule is O=C1[C@@H]2[C@@H](C(=O)N1c1ccc(Cl)c(Cl)c1)[C@@H]1C=C[C@@H]2C1=C1CCCCC1. The molecule has 4 aliphatic rings. The van der Waals surface area contributed by atoms with Gasteiger partial charge in [0.05, 0.1) is 27.6 Å². The van der Waals surface area contributed by atoms with Crippen molar-refractivity contribution in [2.75, 3.05) is 4.90 Å². The first-order chi connectivity index (χ1) is 12.6. The van der Waals surface area contributed by atoms with Crippen molar-refractivity contribution in [1.29, 1.82) is 0 Å². The number of anilines is 1. The molecule has 3 fully saturated rings. The normalized spacial score (nSPS) is 32.8. The summed E-state index contributed by atoms with van der Waals surface area (Å²) < 4.78 is 0. The molecular formula is C21H19Cl2NO2. The molecule has 0 spiro atoms. The van der Waals surface area contributed by atoms with Gasteiger partial charge in [-0.3, -0.25) is 9.59 Å². The Bertz CT molecular complexity index is 846. The largest absolute Gasteiger partial charge is 0.274 e. The summed E-state index contributed by atoms with van der Waals surface area (Å²) in [6.45, 7) is 0. The highest BCUT2D eigenvalue weighted by atomic mass is 35.5. The molecule has 0 unspecified atom stereocenters. The molecule has 26 heavy (non-hydrogen) atoms. The highest BCUT2D eigenvalue weighted by molar-refractivity contribution is 6.42. The Morgan fingerprint density at radius 3 is 2.04 bits per heavy atom. The first-order valence-electron chi connectivity index (χ1n) is 9.31. The predicted molar refractivity (Wildman–Crippen MR) is 102 cm³/mol. The molecule has 3 nitrogen and oxygen atoms in total. The van der Waals surface area contributed by atoms with Crippen LogP contribution in [0, 0.1) is 23.7 Å². The monoisotopic (exact) mass is 387 g/mol. The lowest BCUT2D eigenvalue weighted by atomic mass is 9.85. The molecule has 0 aromatic heterocycles. The third-order valence-corrected chi connectivity index (χ3v) is 7.18. The lowest BCUT2D eigenvalue weighted by Gasteiger charge is -2.23. The van der Waals surface area contributed by atoms with Crippen LogP contribution >= 0.6 is 23.2 Å². The minimum absolute atomic E-state index is 0.0934. The van der Waals surface area contributed by atoms with E-state index in [-0.39, 0.29) is 35.5 Å². The minimum Gasteiger partial charge on any atom is -0.274 e. The fourth-order valence-electron chi connectivity index (χ4n) is 5.38. The van der Waals surface area contributed by atoms with Crippen LogP contribution in [0.4, 0.5) is 5.69 Å². The second-order valence-electron chi connectivity index (χ2n) is 7.72. The Morgan fingerprint density at radius 1 is 0.846 bits per heavy atom. The topological polar surface area (TPSA) is 37.4 Å². The Hall–Kier alpha value is -1.58. The molecule has 2 bridgehead atoms. The minimum atomic E-state index is -0.253. The molecule has 2 saturated carbocycles. The van der Waals surface area contributed by atoms with Gasteiger partial charge in [-0.25, -0.2) is 4.90 Å². The van der Waals surface area contributed by atoms with Crippen LogP contribution in [0.3, 0.4) is 0 Å². The van der Waals surface area contributed by atoms with E-state index in [4.69, 9.17) is 23.2 Å². The van der Waals surface area contributed by atoms with Gasteiger partial charge in [0.25, 0.3) is 0 Å². The number of allylic oxidation sites excluding steroid dienone is 4. The molecule has 5 heteroatoms. The van der Waals surface area contributed by atoms with E-state index >= 15 is 0 Å². The van der Waals surface area contributed by atoms with Crippen molar-refractivity contribution >= 4 is 40.7 Å². The molecule has 134 valence electrons. The molecule has 0 N–H and O–H groups in total. The number of imide groups is 1. The average Bonchev–Trinajstić information content (AvgIpc) is 3.28. The molecule has 2 amide bonds. The number of rotatable bonds is 1. The Labute approximate surface area is 162 Å². The van der Waals surface area contributed by atoms with E-state index in [0.29, 0.717) is 15.7 Å². The summed E-state index contributed by atoms with van der Waals surface area (Å²) >= 11 is 12.1. The van der Waals surface area contributed by atoms with E-state index in [9.17, 15) is 9.59 Å². The number of hydrogen-bond donors (Lipinski definition) is 0. The van der Waals surface area contributed by atoms with Gasteiger partial charge in [0.15, 0.2) is 0 Å². The van der Waals surface area contributed by atoms with Crippen molar-refractivity contribution < 1.29 is 9.59 Å². The van der Waals surface area contributed by atoms with Crippen LogP contribution in [0.2, 0.25) is 10.0 Å². The van der Waals surface area contributed by atoms with Gasteiger partial charge in [0.2, 0.25) is 11.8 Å². The van der Waals surface area contributed by atoms with Crippen molar-refractivity contribution in [3.05, 3.63) is 51.5 Å². The second-order valence-corrected chi connectivity index (χ2v) is 8.53. The van der Waals surface area contributed by atoms with Crippen molar-refractivity contribution in [3.63, 3.8) is 0 Å². The van der Waals surface area contributed by atoms with Gasteiger partial charge in [-0.2, -0.15) is 0 Å². The predicted octanol–water partition coefficient (Wildman–Crippen LogP) is 5.18. The van der Waals surface area contributed by atoms with Crippen LogP contribution in [0.1, 0.15) is 32.1 Å². The smallest absolute Gasteiger partial charge is 0.238 e. The zero-order valence-electron chi connectivity index (χ0n) is 14.3. The summed E-state index contributed by atoms with van der Waals surface area (Å²) in [5.74, 6) is -0.495. The van der Waals surface area contributed by atoms with Gasteiger partial charge in [-0.1, -0.05) is 52.9 Å². The summed E-state index contributed by atoms with van der Waals surface area (Å²) in [5, 5.41) is 0.772. The van der Waals surface area contributed by atoms with Crippen LogP contribution in [-0.4, -0.2) is 11.8 Å². The van der Waals surface area contributed by atoms with Gasteiger partial charge in [0, 0.05) is 11.8 Å². The molecule has 3 aliphatic carbocycles. The number of carbonyl (C=O) groups excluding carboxylic acids is 2. The van der Waals surface area contributed by atoms with E-state index in [1.165, 1.54) is 35.3 Å². The van der Waals surface area contributed by atoms with Crippen LogP contribution in [0.15, 0.2) is 41.5 Å². The summed E-state index contributed by atoms with van der Waals surface area (Å²) in [7, 11) is 0. The Balaban J connectivity index is 1.53. The maximum atomic E-state index is 13.2. The average molecular weight is 388 g/mol. The van der Waals surface area contributed by atoms with Gasteiger partial charge >= 0.3 is 0 Å². The Kier molecular flexibility index (Phi) is 3.81. The maximum absolute atomic E-state index is 13.2. The van der Waals surface area contributed by atoms with Gasteiger partial charge in [-0.05, 0) is 43.9 Å². The maximum Gasteiger partial charge on any atom is 0.238 e. The van der Waals surface area contributed by atoms with Crippen molar-refractivity contribution in [1.82, 2.24) is 0 Å². The Morgan fingerprint density at radius 2 is 1.46 bits per heavy atom. The zero-order chi connectivity index (χ0) is 18.0. The standard InChI is InChI=1S/C21H19Cl2NO2/c22-15-9-6-12(10-16(15)23)24-20(25)18-13-7-8-14(19(18)21(24)26)17(13)11-4-2-1-3-5-11/h6-10,13-14,18-19H,1-5H2/t13-,14-,18+,19+/m1/s1. The molecule has 1 aromatic rings. The van der Waals surface area contributed by atoms with Crippen LogP contribution in [0.25, 0.3) is 0 Å².